The molecule has 1 heterocycles. The van der Waals surface area contributed by atoms with Gasteiger partial charge in [0.25, 0.3) is 5.56 Å². The molecule has 1 N–H and O–H groups in total. The zero-order chi connectivity index (χ0) is 21.3. The molecular weight excluding hydrogens is 502 g/mol. The summed E-state index contributed by atoms with van der Waals surface area (Å²) in [4.78, 5) is 17.9. The van der Waals surface area contributed by atoms with E-state index in [4.69, 9.17) is 9.72 Å². The number of nitrogens with zero attached hydrogens (tertiary/aromatic N) is 3. The molecule has 0 aliphatic heterocycles. The SMILES string of the molecule is CCOc1cc(C=Nn2c(C(C)(C)C)nc3ccc(Br)cc3c2=O)cc(Br)c1O. The maximum Gasteiger partial charge on any atom is 0.282 e. The van der Waals surface area contributed by atoms with Crippen molar-refractivity contribution in [1.29, 1.82) is 0 Å². The van der Waals surface area contributed by atoms with E-state index < -0.39 is 5.41 Å². The van der Waals surface area contributed by atoms with Crippen molar-refractivity contribution >= 4 is 49.0 Å². The Balaban J connectivity index is 2.19. The first kappa shape index (κ1) is 21.5. The molecule has 1 aromatic heterocycles. The maximum absolute atomic E-state index is 13.2. The zero-order valence-corrected chi connectivity index (χ0v) is 19.7. The molecule has 0 aliphatic rings. The average molecular weight is 523 g/mol. The Morgan fingerprint density at radius 3 is 2.62 bits per heavy atom. The zero-order valence-electron chi connectivity index (χ0n) is 16.5. The fourth-order valence-corrected chi connectivity index (χ4v) is 3.62. The molecule has 0 spiro atoms. The second-order valence-corrected chi connectivity index (χ2v) is 9.26. The molecule has 6 nitrogen and oxygen atoms in total. The van der Waals surface area contributed by atoms with Crippen LogP contribution in [0.15, 0.2) is 49.2 Å². The van der Waals surface area contributed by atoms with E-state index in [-0.39, 0.29) is 11.3 Å². The van der Waals surface area contributed by atoms with Gasteiger partial charge in [-0.1, -0.05) is 36.7 Å². The molecule has 0 atom stereocenters. The Morgan fingerprint density at radius 1 is 1.24 bits per heavy atom. The molecule has 0 aliphatic carbocycles. The molecule has 8 heteroatoms. The number of hydrogen-bond donors (Lipinski definition) is 1. The highest BCUT2D eigenvalue weighted by Crippen LogP contribution is 2.35. The Labute approximate surface area is 185 Å². The summed E-state index contributed by atoms with van der Waals surface area (Å²) >= 11 is 6.72. The fraction of sp³-hybridized carbons (Fsp3) is 0.286. The van der Waals surface area contributed by atoms with Gasteiger partial charge in [-0.2, -0.15) is 9.78 Å². The molecule has 0 amide bonds. The van der Waals surface area contributed by atoms with Crippen LogP contribution in [-0.2, 0) is 5.41 Å². The molecule has 0 unspecified atom stereocenters. The van der Waals surface area contributed by atoms with Crippen LogP contribution in [0, 0.1) is 0 Å². The molecule has 0 saturated heterocycles. The Kier molecular flexibility index (Phi) is 6.14. The number of halogens is 2. The van der Waals surface area contributed by atoms with Crippen molar-refractivity contribution in [3.8, 4) is 11.5 Å². The van der Waals surface area contributed by atoms with Gasteiger partial charge < -0.3 is 9.84 Å². The molecule has 152 valence electrons. The first-order chi connectivity index (χ1) is 13.6. The van der Waals surface area contributed by atoms with Gasteiger partial charge in [0.05, 0.1) is 28.2 Å². The fourth-order valence-electron chi connectivity index (χ4n) is 2.80. The Morgan fingerprint density at radius 2 is 1.97 bits per heavy atom. The van der Waals surface area contributed by atoms with Gasteiger partial charge in [-0.25, -0.2) is 4.98 Å². The highest BCUT2D eigenvalue weighted by Gasteiger charge is 2.23. The highest BCUT2D eigenvalue weighted by molar-refractivity contribution is 9.10. The van der Waals surface area contributed by atoms with E-state index in [1.165, 1.54) is 4.68 Å². The van der Waals surface area contributed by atoms with E-state index in [1.807, 2.05) is 39.8 Å². The number of phenols is 1. The van der Waals surface area contributed by atoms with Crippen LogP contribution in [0.25, 0.3) is 10.9 Å². The summed E-state index contributed by atoms with van der Waals surface area (Å²) in [6.07, 6.45) is 1.55. The molecular formula is C21H21Br2N3O3. The number of fused-ring (bicyclic) bond motifs is 1. The quantitative estimate of drug-likeness (QED) is 0.477. The minimum absolute atomic E-state index is 0.0220. The lowest BCUT2D eigenvalue weighted by molar-refractivity contribution is 0.317. The number of benzene rings is 2. The van der Waals surface area contributed by atoms with Crippen molar-refractivity contribution in [2.75, 3.05) is 6.61 Å². The number of hydrogen-bond acceptors (Lipinski definition) is 5. The van der Waals surface area contributed by atoms with Crippen molar-refractivity contribution in [2.24, 2.45) is 5.10 Å². The predicted octanol–water partition coefficient (Wildman–Crippen LogP) is 5.21. The van der Waals surface area contributed by atoms with Gasteiger partial charge in [0.2, 0.25) is 0 Å². The largest absolute Gasteiger partial charge is 0.503 e. The van der Waals surface area contributed by atoms with Crippen LogP contribution in [0.5, 0.6) is 11.5 Å². The van der Waals surface area contributed by atoms with Crippen LogP contribution in [0.1, 0.15) is 39.1 Å². The minimum Gasteiger partial charge on any atom is -0.503 e. The van der Waals surface area contributed by atoms with Crippen LogP contribution in [0.4, 0.5) is 0 Å². The van der Waals surface area contributed by atoms with Crippen LogP contribution < -0.4 is 10.3 Å². The Bertz CT molecular complexity index is 1160. The third kappa shape index (κ3) is 4.53. The summed E-state index contributed by atoms with van der Waals surface area (Å²) in [5, 5.41) is 15.0. The van der Waals surface area contributed by atoms with Gasteiger partial charge in [0.1, 0.15) is 5.82 Å². The van der Waals surface area contributed by atoms with Crippen LogP contribution >= 0.6 is 31.9 Å². The molecule has 0 radical (unpaired) electrons. The standard InChI is InChI=1S/C21H21Br2N3O3/c1-5-29-17-9-12(8-15(23)18(17)27)11-24-26-19(28)14-10-13(22)6-7-16(14)25-20(26)21(2,3)4/h6-11,27H,5H2,1-4H3. The lowest BCUT2D eigenvalue weighted by atomic mass is 9.95. The van der Waals surface area contributed by atoms with Crippen LogP contribution in [0.2, 0.25) is 0 Å². The van der Waals surface area contributed by atoms with Gasteiger partial charge in [0, 0.05) is 9.89 Å². The van der Waals surface area contributed by atoms with Gasteiger partial charge in [-0.15, -0.1) is 0 Å². The monoisotopic (exact) mass is 521 g/mol. The van der Waals surface area contributed by atoms with Crippen molar-refractivity contribution in [2.45, 2.75) is 33.1 Å². The third-order valence-electron chi connectivity index (χ3n) is 4.15. The number of ether oxygens (including phenoxy) is 1. The first-order valence-electron chi connectivity index (χ1n) is 9.04. The normalized spacial score (nSPS) is 12.1. The van der Waals surface area contributed by atoms with Gasteiger partial charge >= 0.3 is 0 Å². The summed E-state index contributed by atoms with van der Waals surface area (Å²) in [7, 11) is 0. The topological polar surface area (TPSA) is 76.7 Å². The smallest absolute Gasteiger partial charge is 0.282 e. The third-order valence-corrected chi connectivity index (χ3v) is 5.25. The molecule has 0 bridgehead atoms. The second-order valence-electron chi connectivity index (χ2n) is 7.49. The van der Waals surface area contributed by atoms with Crippen molar-refractivity contribution < 1.29 is 9.84 Å². The minimum atomic E-state index is -0.399. The summed E-state index contributed by atoms with van der Waals surface area (Å²) in [5.41, 5.74) is 0.643. The van der Waals surface area contributed by atoms with Crippen molar-refractivity contribution in [3.05, 3.63) is 61.0 Å². The van der Waals surface area contributed by atoms with E-state index >= 15 is 0 Å². The average Bonchev–Trinajstić information content (AvgIpc) is 2.64. The first-order valence-corrected chi connectivity index (χ1v) is 10.6. The molecule has 2 aromatic carbocycles. The molecule has 3 rings (SSSR count). The van der Waals surface area contributed by atoms with E-state index in [1.54, 1.807) is 24.4 Å². The van der Waals surface area contributed by atoms with E-state index in [2.05, 4.69) is 37.0 Å². The maximum atomic E-state index is 13.2. The Hall–Kier alpha value is -2.19. The van der Waals surface area contributed by atoms with E-state index in [0.717, 1.165) is 4.47 Å². The summed E-state index contributed by atoms with van der Waals surface area (Å²) < 4.78 is 8.06. The van der Waals surface area contributed by atoms with Crippen molar-refractivity contribution in [3.63, 3.8) is 0 Å². The molecule has 3 aromatic rings. The molecule has 29 heavy (non-hydrogen) atoms. The summed E-state index contributed by atoms with van der Waals surface area (Å²) in [5.74, 6) is 0.914. The number of phenolic OH excluding ortho intramolecular Hbond substituents is 1. The summed E-state index contributed by atoms with van der Waals surface area (Å²) in [6, 6.07) is 8.79. The van der Waals surface area contributed by atoms with Gasteiger partial charge in [-0.05, 0) is 58.7 Å². The van der Waals surface area contributed by atoms with Gasteiger partial charge in [0.15, 0.2) is 11.5 Å². The van der Waals surface area contributed by atoms with Crippen molar-refractivity contribution in [1.82, 2.24) is 9.66 Å². The molecule has 0 saturated carbocycles. The second kappa shape index (κ2) is 8.28. The highest BCUT2D eigenvalue weighted by atomic mass is 79.9. The lowest BCUT2D eigenvalue weighted by Gasteiger charge is -2.20. The summed E-state index contributed by atoms with van der Waals surface area (Å²) in [6.45, 7) is 8.20. The van der Waals surface area contributed by atoms with E-state index in [9.17, 15) is 9.90 Å². The van der Waals surface area contributed by atoms with Crippen LogP contribution in [-0.4, -0.2) is 27.6 Å². The van der Waals surface area contributed by atoms with Crippen LogP contribution in [0.3, 0.4) is 0 Å². The number of aromatic nitrogens is 2. The van der Waals surface area contributed by atoms with Gasteiger partial charge in [-0.3, -0.25) is 4.79 Å². The predicted molar refractivity (Wildman–Crippen MR) is 122 cm³/mol. The number of rotatable bonds is 4. The van der Waals surface area contributed by atoms with E-state index in [0.29, 0.717) is 39.1 Å². The molecule has 0 fully saturated rings. The lowest BCUT2D eigenvalue weighted by Crippen LogP contribution is -2.29. The number of aromatic hydroxyl groups is 1.